The van der Waals surface area contributed by atoms with E-state index >= 15 is 0 Å². The molecule has 0 aliphatic heterocycles. The van der Waals surface area contributed by atoms with Gasteiger partial charge in [0, 0.05) is 12.1 Å². The van der Waals surface area contributed by atoms with Crippen molar-refractivity contribution >= 4 is 11.8 Å². The molecule has 2 N–H and O–H groups in total. The number of carbonyl (C=O) groups is 1. The predicted molar refractivity (Wildman–Crippen MR) is 63.8 cm³/mol. The van der Waals surface area contributed by atoms with Crippen molar-refractivity contribution in [2.75, 3.05) is 12.3 Å². The first kappa shape index (κ1) is 13.9. The Kier molecular flexibility index (Phi) is 3.64. The number of rotatable bonds is 3. The number of nitrogen functional groups attached to an aromatic ring is 1. The summed E-state index contributed by atoms with van der Waals surface area (Å²) in [4.78, 5) is 15.2. The SMILES string of the molecule is CCOC(=O)c1ncn(-c2cc(F)cc(F)c2F)c1N. The van der Waals surface area contributed by atoms with Crippen molar-refractivity contribution in [1.29, 1.82) is 0 Å². The molecule has 20 heavy (non-hydrogen) atoms. The van der Waals surface area contributed by atoms with Crippen LogP contribution in [-0.4, -0.2) is 22.1 Å². The van der Waals surface area contributed by atoms with Gasteiger partial charge >= 0.3 is 5.97 Å². The molecule has 0 unspecified atom stereocenters. The number of nitrogens with zero attached hydrogens (tertiary/aromatic N) is 2. The third-order valence-corrected chi connectivity index (χ3v) is 2.51. The van der Waals surface area contributed by atoms with E-state index in [0.717, 1.165) is 17.0 Å². The molecule has 0 fully saturated rings. The number of esters is 1. The van der Waals surface area contributed by atoms with E-state index in [1.165, 1.54) is 0 Å². The topological polar surface area (TPSA) is 70.1 Å². The maximum atomic E-state index is 13.6. The van der Waals surface area contributed by atoms with Crippen LogP contribution in [0.3, 0.4) is 0 Å². The van der Waals surface area contributed by atoms with Crippen LogP contribution in [0.15, 0.2) is 18.5 Å². The maximum absolute atomic E-state index is 13.6. The van der Waals surface area contributed by atoms with Gasteiger partial charge in [-0.2, -0.15) is 0 Å². The normalized spacial score (nSPS) is 10.6. The summed E-state index contributed by atoms with van der Waals surface area (Å²) >= 11 is 0. The van der Waals surface area contributed by atoms with E-state index in [4.69, 9.17) is 10.5 Å². The summed E-state index contributed by atoms with van der Waals surface area (Å²) in [5.41, 5.74) is 4.89. The minimum atomic E-state index is -1.37. The number of benzene rings is 1. The van der Waals surface area contributed by atoms with E-state index in [2.05, 4.69) is 4.98 Å². The van der Waals surface area contributed by atoms with E-state index in [1.54, 1.807) is 6.92 Å². The Hall–Kier alpha value is -2.51. The zero-order valence-electron chi connectivity index (χ0n) is 10.4. The summed E-state index contributed by atoms with van der Waals surface area (Å²) in [7, 11) is 0. The minimum absolute atomic E-state index is 0.105. The van der Waals surface area contributed by atoms with Crippen LogP contribution in [0.2, 0.25) is 0 Å². The van der Waals surface area contributed by atoms with E-state index in [1.807, 2.05) is 0 Å². The Labute approximate surface area is 111 Å². The summed E-state index contributed by atoms with van der Waals surface area (Å²) in [6.07, 6.45) is 0.985. The van der Waals surface area contributed by atoms with Crippen molar-refractivity contribution in [2.24, 2.45) is 0 Å². The quantitative estimate of drug-likeness (QED) is 0.692. The fourth-order valence-corrected chi connectivity index (χ4v) is 1.62. The summed E-state index contributed by atoms with van der Waals surface area (Å²) < 4.78 is 45.5. The number of halogens is 3. The second kappa shape index (κ2) is 5.24. The van der Waals surface area contributed by atoms with E-state index < -0.39 is 29.1 Å². The molecule has 5 nitrogen and oxygen atoms in total. The monoisotopic (exact) mass is 285 g/mol. The van der Waals surface area contributed by atoms with Crippen molar-refractivity contribution in [3.8, 4) is 5.69 Å². The molecular weight excluding hydrogens is 275 g/mol. The zero-order chi connectivity index (χ0) is 14.9. The van der Waals surface area contributed by atoms with Crippen molar-refractivity contribution < 1.29 is 22.7 Å². The number of imidazole rings is 1. The van der Waals surface area contributed by atoms with Crippen molar-refractivity contribution in [1.82, 2.24) is 9.55 Å². The maximum Gasteiger partial charge on any atom is 0.360 e. The highest BCUT2D eigenvalue weighted by molar-refractivity contribution is 5.92. The van der Waals surface area contributed by atoms with Gasteiger partial charge in [0.25, 0.3) is 0 Å². The molecular formula is C12H10F3N3O2. The standard InChI is InChI=1S/C12H10F3N3O2/c1-2-20-12(19)10-11(16)18(5-17-10)8-4-6(13)3-7(14)9(8)15/h3-5H,2,16H2,1H3. The molecule has 0 radical (unpaired) electrons. The molecule has 106 valence electrons. The van der Waals surface area contributed by atoms with Crippen LogP contribution in [0, 0.1) is 17.5 Å². The molecule has 0 saturated heterocycles. The van der Waals surface area contributed by atoms with Gasteiger partial charge in [0.15, 0.2) is 17.3 Å². The molecule has 2 aromatic rings. The zero-order valence-corrected chi connectivity index (χ0v) is 10.4. The Morgan fingerprint density at radius 2 is 2.10 bits per heavy atom. The van der Waals surface area contributed by atoms with Gasteiger partial charge in [-0.05, 0) is 6.92 Å². The molecule has 0 amide bonds. The second-order valence-electron chi connectivity index (χ2n) is 3.79. The molecule has 1 heterocycles. The largest absolute Gasteiger partial charge is 0.461 e. The number of hydrogen-bond acceptors (Lipinski definition) is 4. The number of aromatic nitrogens is 2. The summed E-state index contributed by atoms with van der Waals surface area (Å²) in [5, 5.41) is 0. The fraction of sp³-hybridized carbons (Fsp3) is 0.167. The first-order valence-electron chi connectivity index (χ1n) is 5.60. The third-order valence-electron chi connectivity index (χ3n) is 2.51. The first-order valence-corrected chi connectivity index (χ1v) is 5.60. The Morgan fingerprint density at radius 1 is 1.40 bits per heavy atom. The van der Waals surface area contributed by atoms with Crippen molar-refractivity contribution in [2.45, 2.75) is 6.92 Å². The van der Waals surface area contributed by atoms with Crippen LogP contribution >= 0.6 is 0 Å². The summed E-state index contributed by atoms with van der Waals surface area (Å²) in [6, 6.07) is 1.14. The van der Waals surface area contributed by atoms with E-state index in [9.17, 15) is 18.0 Å². The molecule has 0 spiro atoms. The smallest absolute Gasteiger partial charge is 0.360 e. The summed E-state index contributed by atoms with van der Waals surface area (Å²) in [6.45, 7) is 1.70. The predicted octanol–water partition coefficient (Wildman–Crippen LogP) is 2.05. The highest BCUT2D eigenvalue weighted by atomic mass is 19.2. The molecule has 0 saturated carbocycles. The average Bonchev–Trinajstić information content (AvgIpc) is 2.76. The average molecular weight is 285 g/mol. The molecule has 1 aromatic carbocycles. The van der Waals surface area contributed by atoms with Crippen LogP contribution in [0.5, 0.6) is 0 Å². The van der Waals surface area contributed by atoms with Crippen LogP contribution in [0.25, 0.3) is 5.69 Å². The molecule has 2 rings (SSSR count). The molecule has 0 bridgehead atoms. The van der Waals surface area contributed by atoms with Gasteiger partial charge in [0.1, 0.15) is 18.0 Å². The lowest BCUT2D eigenvalue weighted by Gasteiger charge is -2.07. The third kappa shape index (κ3) is 2.31. The Morgan fingerprint density at radius 3 is 2.75 bits per heavy atom. The molecule has 0 atom stereocenters. The molecule has 0 aliphatic rings. The number of ether oxygens (including phenoxy) is 1. The Bertz CT molecular complexity index is 670. The lowest BCUT2D eigenvalue weighted by Crippen LogP contribution is -2.10. The highest BCUT2D eigenvalue weighted by Gasteiger charge is 2.21. The van der Waals surface area contributed by atoms with E-state index in [-0.39, 0.29) is 18.1 Å². The number of nitrogens with two attached hydrogens (primary N) is 1. The van der Waals surface area contributed by atoms with Gasteiger partial charge in [-0.3, -0.25) is 4.57 Å². The molecule has 1 aromatic heterocycles. The van der Waals surface area contributed by atoms with Crippen LogP contribution in [0.4, 0.5) is 19.0 Å². The van der Waals surface area contributed by atoms with Crippen LogP contribution in [-0.2, 0) is 4.74 Å². The first-order chi connectivity index (χ1) is 9.45. The van der Waals surface area contributed by atoms with Gasteiger partial charge in [-0.25, -0.2) is 22.9 Å². The van der Waals surface area contributed by atoms with Crippen LogP contribution in [0.1, 0.15) is 17.4 Å². The van der Waals surface area contributed by atoms with E-state index in [0.29, 0.717) is 6.07 Å². The van der Waals surface area contributed by atoms with Gasteiger partial charge in [-0.1, -0.05) is 0 Å². The molecule has 0 aliphatic carbocycles. The summed E-state index contributed by atoms with van der Waals surface area (Å²) in [5.74, 6) is -4.73. The fourth-order valence-electron chi connectivity index (χ4n) is 1.62. The van der Waals surface area contributed by atoms with Gasteiger partial charge in [-0.15, -0.1) is 0 Å². The lowest BCUT2D eigenvalue weighted by molar-refractivity contribution is 0.0521. The van der Waals surface area contributed by atoms with Gasteiger partial charge in [0.2, 0.25) is 0 Å². The number of hydrogen-bond donors (Lipinski definition) is 1. The minimum Gasteiger partial charge on any atom is -0.461 e. The lowest BCUT2D eigenvalue weighted by atomic mass is 10.2. The highest BCUT2D eigenvalue weighted by Crippen LogP contribution is 2.23. The van der Waals surface area contributed by atoms with Gasteiger partial charge in [0.05, 0.1) is 12.3 Å². The van der Waals surface area contributed by atoms with Crippen LogP contribution < -0.4 is 5.73 Å². The number of carbonyl (C=O) groups excluding carboxylic acids is 1. The second-order valence-corrected chi connectivity index (χ2v) is 3.79. The van der Waals surface area contributed by atoms with Gasteiger partial charge < -0.3 is 10.5 Å². The number of anilines is 1. The van der Waals surface area contributed by atoms with Crippen molar-refractivity contribution in [3.05, 3.63) is 41.6 Å². The molecule has 8 heteroatoms. The van der Waals surface area contributed by atoms with Crippen molar-refractivity contribution in [3.63, 3.8) is 0 Å². The Balaban J connectivity index is 2.53.